The Morgan fingerprint density at radius 1 is 1.35 bits per heavy atom. The summed E-state index contributed by atoms with van der Waals surface area (Å²) in [4.78, 5) is 0.216. The molecule has 2 rings (SSSR count). The van der Waals surface area contributed by atoms with E-state index in [-0.39, 0.29) is 4.90 Å². The van der Waals surface area contributed by atoms with Crippen LogP contribution in [-0.2, 0) is 10.0 Å². The number of rotatable bonds is 3. The third kappa shape index (κ3) is 3.18. The second-order valence-corrected chi connectivity index (χ2v) is 7.19. The molecule has 0 unspecified atom stereocenters. The summed E-state index contributed by atoms with van der Waals surface area (Å²) in [5.74, 6) is 0. The first-order chi connectivity index (χ1) is 9.36. The van der Waals surface area contributed by atoms with Gasteiger partial charge in [0.15, 0.2) is 0 Å². The lowest BCUT2D eigenvalue weighted by atomic mass is 9.92. The van der Waals surface area contributed by atoms with E-state index in [4.69, 9.17) is 5.26 Å². The number of piperidine rings is 1. The van der Waals surface area contributed by atoms with Gasteiger partial charge < -0.3 is 5.32 Å². The predicted octanol–water partition coefficient (Wildman–Crippen LogP) is 1.29. The van der Waals surface area contributed by atoms with Gasteiger partial charge >= 0.3 is 0 Å². The molecule has 1 fully saturated rings. The maximum Gasteiger partial charge on any atom is 0.241 e. The number of hydrogen-bond acceptors (Lipinski definition) is 4. The average Bonchev–Trinajstić information content (AvgIpc) is 2.38. The molecule has 0 aromatic heterocycles. The maximum atomic E-state index is 12.4. The number of hydrogen-bond donors (Lipinski definition) is 2. The van der Waals surface area contributed by atoms with Crippen LogP contribution in [0.2, 0.25) is 0 Å². The standard InChI is InChI=1S/C14H19N3O2S/c1-11-9-13(4-3-12(11)10-15)20(18,19)17-14(2)5-7-16-8-6-14/h3-4,9,16-17H,5-8H2,1-2H3. The molecule has 1 aliphatic rings. The number of nitrogens with zero attached hydrogens (tertiary/aromatic N) is 1. The zero-order valence-corrected chi connectivity index (χ0v) is 12.5. The zero-order chi connectivity index (χ0) is 14.8. The quantitative estimate of drug-likeness (QED) is 0.879. The van der Waals surface area contributed by atoms with Gasteiger partial charge in [0.25, 0.3) is 0 Å². The highest BCUT2D eigenvalue weighted by molar-refractivity contribution is 7.89. The first kappa shape index (κ1) is 15.0. The van der Waals surface area contributed by atoms with E-state index in [0.29, 0.717) is 11.1 Å². The zero-order valence-electron chi connectivity index (χ0n) is 11.7. The SMILES string of the molecule is Cc1cc(S(=O)(=O)NC2(C)CCNCC2)ccc1C#N. The van der Waals surface area contributed by atoms with Crippen molar-refractivity contribution in [2.45, 2.75) is 37.1 Å². The van der Waals surface area contributed by atoms with Crippen LogP contribution >= 0.6 is 0 Å². The highest BCUT2D eigenvalue weighted by Crippen LogP contribution is 2.22. The Morgan fingerprint density at radius 2 is 2.00 bits per heavy atom. The first-order valence-electron chi connectivity index (χ1n) is 6.62. The van der Waals surface area contributed by atoms with Crippen LogP contribution in [0, 0.1) is 18.3 Å². The average molecular weight is 293 g/mol. The summed E-state index contributed by atoms with van der Waals surface area (Å²) in [5.41, 5.74) is 0.758. The molecule has 0 amide bonds. The molecule has 0 spiro atoms. The molecule has 1 aliphatic heterocycles. The number of sulfonamides is 1. The fraction of sp³-hybridized carbons (Fsp3) is 0.500. The van der Waals surface area contributed by atoms with Gasteiger partial charge in [-0.2, -0.15) is 5.26 Å². The van der Waals surface area contributed by atoms with E-state index in [9.17, 15) is 8.42 Å². The Labute approximate surface area is 120 Å². The van der Waals surface area contributed by atoms with Crippen LogP contribution in [0.15, 0.2) is 23.1 Å². The van der Waals surface area contributed by atoms with Crippen molar-refractivity contribution in [3.8, 4) is 6.07 Å². The summed E-state index contributed by atoms with van der Waals surface area (Å²) >= 11 is 0. The number of nitriles is 1. The smallest absolute Gasteiger partial charge is 0.241 e. The van der Waals surface area contributed by atoms with Crippen LogP contribution in [0.3, 0.4) is 0 Å². The van der Waals surface area contributed by atoms with Crippen LogP contribution in [0.5, 0.6) is 0 Å². The number of benzene rings is 1. The molecule has 6 heteroatoms. The largest absolute Gasteiger partial charge is 0.317 e. The maximum absolute atomic E-state index is 12.4. The lowest BCUT2D eigenvalue weighted by Gasteiger charge is -2.34. The van der Waals surface area contributed by atoms with E-state index < -0.39 is 15.6 Å². The van der Waals surface area contributed by atoms with E-state index >= 15 is 0 Å². The van der Waals surface area contributed by atoms with Crippen molar-refractivity contribution in [3.05, 3.63) is 29.3 Å². The second kappa shape index (κ2) is 5.52. The van der Waals surface area contributed by atoms with E-state index in [0.717, 1.165) is 25.9 Å². The van der Waals surface area contributed by atoms with Gasteiger partial charge in [-0.3, -0.25) is 0 Å². The molecule has 20 heavy (non-hydrogen) atoms. The van der Waals surface area contributed by atoms with Crippen molar-refractivity contribution in [2.75, 3.05) is 13.1 Å². The topological polar surface area (TPSA) is 82.0 Å². The number of nitrogens with one attached hydrogen (secondary N) is 2. The van der Waals surface area contributed by atoms with Gasteiger partial charge in [-0.15, -0.1) is 0 Å². The van der Waals surface area contributed by atoms with Crippen LogP contribution in [0.1, 0.15) is 30.9 Å². The van der Waals surface area contributed by atoms with Crippen molar-refractivity contribution in [3.63, 3.8) is 0 Å². The van der Waals surface area contributed by atoms with Gasteiger partial charge in [0.2, 0.25) is 10.0 Å². The fourth-order valence-electron chi connectivity index (χ4n) is 2.39. The van der Waals surface area contributed by atoms with E-state index in [1.807, 2.05) is 13.0 Å². The molecular weight excluding hydrogens is 274 g/mol. The van der Waals surface area contributed by atoms with Crippen molar-refractivity contribution < 1.29 is 8.42 Å². The van der Waals surface area contributed by atoms with Gasteiger partial charge in [-0.1, -0.05) is 0 Å². The molecule has 1 saturated heterocycles. The molecule has 108 valence electrons. The number of aryl methyl sites for hydroxylation is 1. The normalized spacial score (nSPS) is 18.4. The van der Waals surface area contributed by atoms with Gasteiger partial charge in [-0.05, 0) is 63.5 Å². The molecule has 2 N–H and O–H groups in total. The summed E-state index contributed by atoms with van der Waals surface area (Å²) in [5, 5.41) is 12.1. The lowest BCUT2D eigenvalue weighted by Crippen LogP contribution is -2.52. The van der Waals surface area contributed by atoms with Gasteiger partial charge in [0, 0.05) is 5.54 Å². The Balaban J connectivity index is 2.26. The third-order valence-electron chi connectivity index (χ3n) is 3.72. The molecule has 1 aromatic rings. The molecule has 0 bridgehead atoms. The molecule has 0 saturated carbocycles. The van der Waals surface area contributed by atoms with E-state index in [2.05, 4.69) is 10.0 Å². The Bertz CT molecular complexity index is 641. The molecule has 5 nitrogen and oxygen atoms in total. The Hall–Kier alpha value is -1.42. The van der Waals surface area contributed by atoms with Crippen molar-refractivity contribution >= 4 is 10.0 Å². The molecule has 0 radical (unpaired) electrons. The van der Waals surface area contributed by atoms with Gasteiger partial charge in [0.05, 0.1) is 16.5 Å². The molecule has 0 aliphatic carbocycles. The summed E-state index contributed by atoms with van der Waals surface area (Å²) in [6.45, 7) is 5.29. The van der Waals surface area contributed by atoms with Gasteiger partial charge in [0.1, 0.15) is 0 Å². The minimum Gasteiger partial charge on any atom is -0.317 e. The van der Waals surface area contributed by atoms with Crippen LogP contribution in [-0.4, -0.2) is 27.0 Å². The van der Waals surface area contributed by atoms with Crippen molar-refractivity contribution in [1.82, 2.24) is 10.0 Å². The third-order valence-corrected chi connectivity index (χ3v) is 5.35. The van der Waals surface area contributed by atoms with E-state index in [1.54, 1.807) is 19.1 Å². The molecule has 1 heterocycles. The van der Waals surface area contributed by atoms with E-state index in [1.165, 1.54) is 6.07 Å². The first-order valence-corrected chi connectivity index (χ1v) is 8.10. The minimum absolute atomic E-state index is 0.216. The highest BCUT2D eigenvalue weighted by Gasteiger charge is 2.32. The van der Waals surface area contributed by atoms with Crippen LogP contribution in [0.4, 0.5) is 0 Å². The molecular formula is C14H19N3O2S. The Kier molecular flexibility index (Phi) is 4.14. The second-order valence-electron chi connectivity index (χ2n) is 5.50. The van der Waals surface area contributed by atoms with Crippen molar-refractivity contribution in [2.24, 2.45) is 0 Å². The predicted molar refractivity (Wildman–Crippen MR) is 76.7 cm³/mol. The van der Waals surface area contributed by atoms with Crippen LogP contribution in [0.25, 0.3) is 0 Å². The summed E-state index contributed by atoms with van der Waals surface area (Å²) in [6.07, 6.45) is 1.53. The lowest BCUT2D eigenvalue weighted by molar-refractivity contribution is 0.308. The summed E-state index contributed by atoms with van der Waals surface area (Å²) in [6, 6.07) is 6.62. The monoisotopic (exact) mass is 293 g/mol. The van der Waals surface area contributed by atoms with Crippen LogP contribution < -0.4 is 10.0 Å². The summed E-state index contributed by atoms with van der Waals surface area (Å²) in [7, 11) is -3.55. The van der Waals surface area contributed by atoms with Crippen molar-refractivity contribution in [1.29, 1.82) is 5.26 Å². The minimum atomic E-state index is -3.55. The molecule has 0 atom stereocenters. The highest BCUT2D eigenvalue weighted by atomic mass is 32.2. The van der Waals surface area contributed by atoms with Gasteiger partial charge in [-0.25, -0.2) is 13.1 Å². The fourth-order valence-corrected chi connectivity index (χ4v) is 3.94. The Morgan fingerprint density at radius 3 is 2.55 bits per heavy atom. The summed E-state index contributed by atoms with van der Waals surface area (Å²) < 4.78 is 27.7. The molecule has 1 aromatic carbocycles.